The van der Waals surface area contributed by atoms with Crippen molar-refractivity contribution in [2.75, 3.05) is 11.9 Å². The van der Waals surface area contributed by atoms with Crippen LogP contribution < -0.4 is 11.1 Å². The number of benzene rings is 2. The molecule has 32 heavy (non-hydrogen) atoms. The van der Waals surface area contributed by atoms with Gasteiger partial charge in [0.15, 0.2) is 0 Å². The number of nitrogens with zero attached hydrogens (tertiary/aromatic N) is 3. The van der Waals surface area contributed by atoms with E-state index in [4.69, 9.17) is 10.7 Å². The van der Waals surface area contributed by atoms with E-state index in [1.807, 2.05) is 36.5 Å². The molecule has 0 aliphatic rings. The number of anilines is 1. The third kappa shape index (κ3) is 5.37. The largest absolute Gasteiger partial charge is 0.353 e. The van der Waals surface area contributed by atoms with Gasteiger partial charge in [0.2, 0.25) is 5.95 Å². The lowest BCUT2D eigenvalue weighted by Gasteiger charge is -2.15. The van der Waals surface area contributed by atoms with Crippen LogP contribution in [0, 0.1) is 0 Å². The average Bonchev–Trinajstić information content (AvgIpc) is 2.84. The summed E-state index contributed by atoms with van der Waals surface area (Å²) in [6, 6.07) is 22.8. The molecule has 0 aliphatic carbocycles. The zero-order valence-electron chi connectivity index (χ0n) is 18.6. The minimum atomic E-state index is -0.0345. The molecule has 0 fully saturated rings. The summed E-state index contributed by atoms with van der Waals surface area (Å²) in [6.45, 7) is 4.99. The monoisotopic (exact) mass is 423 g/mol. The van der Waals surface area contributed by atoms with E-state index in [0.29, 0.717) is 18.4 Å². The van der Waals surface area contributed by atoms with Crippen LogP contribution in [0.4, 0.5) is 5.95 Å². The van der Waals surface area contributed by atoms with Crippen molar-refractivity contribution in [3.8, 4) is 22.4 Å². The SMILES string of the molecule is CC(C)c1cccc(-c2cnc(NCC(N)Cc3ccccc3)nc2-c2ccncc2)c1. The van der Waals surface area contributed by atoms with Gasteiger partial charge in [0, 0.05) is 42.3 Å². The number of nitrogens with one attached hydrogen (secondary N) is 1. The molecule has 0 amide bonds. The van der Waals surface area contributed by atoms with Crippen molar-refractivity contribution in [3.05, 3.63) is 96.4 Å². The first-order valence-corrected chi connectivity index (χ1v) is 11.0. The molecule has 5 heteroatoms. The predicted molar refractivity (Wildman–Crippen MR) is 131 cm³/mol. The van der Waals surface area contributed by atoms with Crippen molar-refractivity contribution >= 4 is 5.95 Å². The van der Waals surface area contributed by atoms with Crippen LogP contribution in [0.3, 0.4) is 0 Å². The van der Waals surface area contributed by atoms with Gasteiger partial charge < -0.3 is 11.1 Å². The Hall–Kier alpha value is -3.57. The summed E-state index contributed by atoms with van der Waals surface area (Å²) in [5.41, 5.74) is 12.8. The number of pyridine rings is 1. The first-order chi connectivity index (χ1) is 15.6. The molecule has 0 spiro atoms. The van der Waals surface area contributed by atoms with Crippen molar-refractivity contribution in [1.82, 2.24) is 15.0 Å². The van der Waals surface area contributed by atoms with Crippen molar-refractivity contribution in [3.63, 3.8) is 0 Å². The molecular weight excluding hydrogens is 394 g/mol. The molecule has 5 nitrogen and oxygen atoms in total. The van der Waals surface area contributed by atoms with E-state index in [-0.39, 0.29) is 6.04 Å². The van der Waals surface area contributed by atoms with Crippen molar-refractivity contribution < 1.29 is 0 Å². The van der Waals surface area contributed by atoms with Gasteiger partial charge in [-0.1, -0.05) is 68.4 Å². The van der Waals surface area contributed by atoms with Crippen LogP contribution in [0.15, 0.2) is 85.3 Å². The maximum Gasteiger partial charge on any atom is 0.223 e. The van der Waals surface area contributed by atoms with Gasteiger partial charge in [0.05, 0.1) is 5.69 Å². The molecule has 4 aromatic rings. The van der Waals surface area contributed by atoms with Gasteiger partial charge in [-0.05, 0) is 41.2 Å². The van der Waals surface area contributed by atoms with Crippen molar-refractivity contribution in [1.29, 1.82) is 0 Å². The van der Waals surface area contributed by atoms with Crippen LogP contribution >= 0.6 is 0 Å². The Balaban J connectivity index is 1.60. The van der Waals surface area contributed by atoms with E-state index < -0.39 is 0 Å². The van der Waals surface area contributed by atoms with Crippen molar-refractivity contribution in [2.24, 2.45) is 5.73 Å². The van der Waals surface area contributed by atoms with E-state index in [0.717, 1.165) is 28.8 Å². The second kappa shape index (κ2) is 10.2. The first kappa shape index (κ1) is 21.7. The summed E-state index contributed by atoms with van der Waals surface area (Å²) in [5, 5.41) is 3.32. The Morgan fingerprint density at radius 2 is 1.69 bits per heavy atom. The molecule has 0 saturated carbocycles. The molecule has 4 rings (SSSR count). The van der Waals surface area contributed by atoms with Gasteiger partial charge in [-0.25, -0.2) is 9.97 Å². The summed E-state index contributed by atoms with van der Waals surface area (Å²) in [5.74, 6) is 1.02. The Labute approximate surface area is 189 Å². The molecule has 2 aromatic carbocycles. The molecule has 0 saturated heterocycles. The average molecular weight is 424 g/mol. The topological polar surface area (TPSA) is 76.7 Å². The first-order valence-electron chi connectivity index (χ1n) is 11.0. The molecule has 2 heterocycles. The Bertz CT molecular complexity index is 1140. The van der Waals surface area contributed by atoms with Gasteiger partial charge in [-0.3, -0.25) is 4.98 Å². The minimum Gasteiger partial charge on any atom is -0.353 e. The number of rotatable bonds is 8. The summed E-state index contributed by atoms with van der Waals surface area (Å²) < 4.78 is 0. The van der Waals surface area contributed by atoms with Gasteiger partial charge in [0.1, 0.15) is 0 Å². The fourth-order valence-corrected chi connectivity index (χ4v) is 3.68. The molecule has 162 valence electrons. The second-order valence-electron chi connectivity index (χ2n) is 8.30. The minimum absolute atomic E-state index is 0.0345. The number of aromatic nitrogens is 3. The van der Waals surface area contributed by atoms with E-state index >= 15 is 0 Å². The van der Waals surface area contributed by atoms with Crippen LogP contribution in [-0.4, -0.2) is 27.5 Å². The summed E-state index contributed by atoms with van der Waals surface area (Å²) in [7, 11) is 0. The standard InChI is InChI=1S/C27H29N5/c1-19(2)22-9-6-10-23(16-22)25-18-31-27(32-26(25)21-11-13-29-14-12-21)30-17-24(28)15-20-7-4-3-5-8-20/h3-14,16,18-19,24H,15,17,28H2,1-2H3,(H,30,31,32). The number of hydrogen-bond acceptors (Lipinski definition) is 5. The van der Waals surface area contributed by atoms with E-state index in [9.17, 15) is 0 Å². The highest BCUT2D eigenvalue weighted by Crippen LogP contribution is 2.32. The second-order valence-corrected chi connectivity index (χ2v) is 8.30. The highest BCUT2D eigenvalue weighted by atomic mass is 15.1. The van der Waals surface area contributed by atoms with Gasteiger partial charge in [-0.15, -0.1) is 0 Å². The number of nitrogens with two attached hydrogens (primary N) is 1. The summed E-state index contributed by atoms with van der Waals surface area (Å²) >= 11 is 0. The Kier molecular flexibility index (Phi) is 6.87. The fourth-order valence-electron chi connectivity index (χ4n) is 3.68. The zero-order valence-corrected chi connectivity index (χ0v) is 18.6. The van der Waals surface area contributed by atoms with Gasteiger partial charge >= 0.3 is 0 Å². The smallest absolute Gasteiger partial charge is 0.223 e. The molecular formula is C27H29N5. The molecule has 1 unspecified atom stereocenters. The lowest BCUT2D eigenvalue weighted by atomic mass is 9.96. The maximum absolute atomic E-state index is 6.34. The maximum atomic E-state index is 6.34. The van der Waals surface area contributed by atoms with E-state index in [1.54, 1.807) is 12.4 Å². The van der Waals surface area contributed by atoms with E-state index in [1.165, 1.54) is 11.1 Å². The quantitative estimate of drug-likeness (QED) is 0.402. The van der Waals surface area contributed by atoms with Crippen LogP contribution in [0.1, 0.15) is 30.9 Å². The zero-order chi connectivity index (χ0) is 22.3. The molecule has 2 aromatic heterocycles. The molecule has 3 N–H and O–H groups in total. The number of hydrogen-bond donors (Lipinski definition) is 2. The van der Waals surface area contributed by atoms with E-state index in [2.05, 4.69) is 65.5 Å². The lowest BCUT2D eigenvalue weighted by Crippen LogP contribution is -2.31. The van der Waals surface area contributed by atoms with Crippen LogP contribution in [-0.2, 0) is 6.42 Å². The summed E-state index contributed by atoms with van der Waals surface area (Å²) in [6.07, 6.45) is 6.27. The third-order valence-electron chi connectivity index (χ3n) is 5.47. The Morgan fingerprint density at radius 1 is 0.906 bits per heavy atom. The normalized spacial score (nSPS) is 12.0. The van der Waals surface area contributed by atoms with Crippen LogP contribution in [0.5, 0.6) is 0 Å². The van der Waals surface area contributed by atoms with Gasteiger partial charge in [0.25, 0.3) is 0 Å². The van der Waals surface area contributed by atoms with Crippen LogP contribution in [0.25, 0.3) is 22.4 Å². The van der Waals surface area contributed by atoms with Gasteiger partial charge in [-0.2, -0.15) is 0 Å². The molecule has 1 atom stereocenters. The highest BCUT2D eigenvalue weighted by molar-refractivity contribution is 5.81. The predicted octanol–water partition coefficient (Wildman–Crippen LogP) is 5.31. The third-order valence-corrected chi connectivity index (χ3v) is 5.47. The lowest BCUT2D eigenvalue weighted by molar-refractivity contribution is 0.696. The highest BCUT2D eigenvalue weighted by Gasteiger charge is 2.13. The Morgan fingerprint density at radius 3 is 2.44 bits per heavy atom. The molecule has 0 aliphatic heterocycles. The molecule has 0 bridgehead atoms. The summed E-state index contributed by atoms with van der Waals surface area (Å²) in [4.78, 5) is 13.6. The van der Waals surface area contributed by atoms with Crippen molar-refractivity contribution in [2.45, 2.75) is 32.2 Å². The fraction of sp³-hybridized carbons (Fsp3) is 0.222. The molecule has 0 radical (unpaired) electrons. The van der Waals surface area contributed by atoms with Crippen LogP contribution in [0.2, 0.25) is 0 Å².